The van der Waals surface area contributed by atoms with Gasteiger partial charge in [0.2, 0.25) is 5.91 Å². The standard InChI is InChI=1S/C21H27Cl3N4O/c22-17-13-19(24)20(14-18(17)23)28-11-9-27(10-12-28)8-6-15-1-3-16(4-2-15)26-21(29)5-7-25/h13-16H,1-6,8-12H2,(H,26,29). The van der Waals surface area contributed by atoms with E-state index in [2.05, 4.69) is 15.1 Å². The number of halogens is 3. The second-order valence-electron chi connectivity index (χ2n) is 7.96. The zero-order valence-corrected chi connectivity index (χ0v) is 18.7. The first-order valence-electron chi connectivity index (χ1n) is 10.2. The molecule has 1 aromatic rings. The van der Waals surface area contributed by atoms with Crippen LogP contribution in [0, 0.1) is 17.2 Å². The largest absolute Gasteiger partial charge is 0.368 e. The first-order chi connectivity index (χ1) is 14.0. The third-order valence-electron chi connectivity index (χ3n) is 6.01. The van der Waals surface area contributed by atoms with Crippen molar-refractivity contribution in [2.24, 2.45) is 5.92 Å². The van der Waals surface area contributed by atoms with Gasteiger partial charge >= 0.3 is 0 Å². The van der Waals surface area contributed by atoms with Crippen molar-refractivity contribution in [1.82, 2.24) is 10.2 Å². The van der Waals surface area contributed by atoms with Crippen molar-refractivity contribution in [3.05, 3.63) is 27.2 Å². The average molecular weight is 458 g/mol. The number of carbonyl (C=O) groups excluding carboxylic acids is 1. The van der Waals surface area contributed by atoms with E-state index < -0.39 is 0 Å². The summed E-state index contributed by atoms with van der Waals surface area (Å²) >= 11 is 18.5. The van der Waals surface area contributed by atoms with E-state index in [1.165, 1.54) is 6.42 Å². The lowest BCUT2D eigenvalue weighted by molar-refractivity contribution is -0.121. The molecule has 2 aliphatic rings. The summed E-state index contributed by atoms with van der Waals surface area (Å²) in [6.07, 6.45) is 5.50. The quantitative estimate of drug-likeness (QED) is 0.626. The summed E-state index contributed by atoms with van der Waals surface area (Å²) in [4.78, 5) is 16.3. The number of carbonyl (C=O) groups is 1. The summed E-state index contributed by atoms with van der Waals surface area (Å²) in [6, 6.07) is 5.72. The lowest BCUT2D eigenvalue weighted by Crippen LogP contribution is -2.47. The maximum atomic E-state index is 11.5. The van der Waals surface area contributed by atoms with Crippen molar-refractivity contribution in [3.8, 4) is 6.07 Å². The zero-order valence-electron chi connectivity index (χ0n) is 16.5. The molecule has 0 spiro atoms. The number of rotatable bonds is 6. The van der Waals surface area contributed by atoms with E-state index in [-0.39, 0.29) is 18.4 Å². The fourth-order valence-corrected chi connectivity index (χ4v) is 4.94. The second kappa shape index (κ2) is 10.7. The van der Waals surface area contributed by atoms with Gasteiger partial charge < -0.3 is 10.2 Å². The SMILES string of the molecule is N#CCC(=O)NC1CCC(CCN2CCN(c3cc(Cl)c(Cl)cc3Cl)CC2)CC1. The molecule has 29 heavy (non-hydrogen) atoms. The molecule has 1 saturated carbocycles. The Kier molecular flexibility index (Phi) is 8.32. The van der Waals surface area contributed by atoms with E-state index in [4.69, 9.17) is 40.1 Å². The van der Waals surface area contributed by atoms with Gasteiger partial charge in [-0.15, -0.1) is 0 Å². The molecule has 1 N–H and O–H groups in total. The summed E-state index contributed by atoms with van der Waals surface area (Å²) < 4.78 is 0. The predicted molar refractivity (Wildman–Crippen MR) is 119 cm³/mol. The minimum Gasteiger partial charge on any atom is -0.368 e. The highest BCUT2D eigenvalue weighted by molar-refractivity contribution is 6.44. The Bertz CT molecular complexity index is 751. The van der Waals surface area contributed by atoms with Crippen LogP contribution in [-0.4, -0.2) is 49.6 Å². The molecule has 8 heteroatoms. The van der Waals surface area contributed by atoms with Gasteiger partial charge in [0.15, 0.2) is 0 Å². The van der Waals surface area contributed by atoms with Crippen LogP contribution in [0.2, 0.25) is 15.1 Å². The fraction of sp³-hybridized carbons (Fsp3) is 0.619. The maximum absolute atomic E-state index is 11.5. The number of nitrogens with one attached hydrogen (secondary N) is 1. The Hall–Kier alpha value is -1.19. The molecule has 2 fully saturated rings. The summed E-state index contributed by atoms with van der Waals surface area (Å²) in [6.45, 7) is 4.98. The summed E-state index contributed by atoms with van der Waals surface area (Å²) in [7, 11) is 0. The van der Waals surface area contributed by atoms with Gasteiger partial charge in [0, 0.05) is 32.2 Å². The van der Waals surface area contributed by atoms with Crippen LogP contribution in [0.1, 0.15) is 38.5 Å². The number of nitriles is 1. The molecule has 1 heterocycles. The molecule has 5 nitrogen and oxygen atoms in total. The first kappa shape index (κ1) is 22.5. The number of nitrogens with zero attached hydrogens (tertiary/aromatic N) is 3. The van der Waals surface area contributed by atoms with Crippen molar-refractivity contribution in [2.45, 2.75) is 44.6 Å². The summed E-state index contributed by atoms with van der Waals surface area (Å²) in [5.74, 6) is 0.581. The molecule has 0 unspecified atom stereocenters. The number of hydrogen-bond donors (Lipinski definition) is 1. The van der Waals surface area contributed by atoms with Gasteiger partial charge in [-0.05, 0) is 56.7 Å². The minimum atomic E-state index is -0.143. The van der Waals surface area contributed by atoms with Crippen molar-refractivity contribution in [1.29, 1.82) is 5.26 Å². The van der Waals surface area contributed by atoms with Crippen LogP contribution < -0.4 is 10.2 Å². The highest BCUT2D eigenvalue weighted by Crippen LogP contribution is 2.35. The molecule has 1 saturated heterocycles. The van der Waals surface area contributed by atoms with Gasteiger partial charge in [-0.1, -0.05) is 34.8 Å². The molecule has 1 aromatic carbocycles. The molecule has 0 atom stereocenters. The van der Waals surface area contributed by atoms with Crippen molar-refractivity contribution < 1.29 is 4.79 Å². The van der Waals surface area contributed by atoms with E-state index in [0.717, 1.165) is 70.0 Å². The Balaban J connectivity index is 1.37. The predicted octanol–water partition coefficient (Wildman–Crippen LogP) is 4.75. The third-order valence-corrected chi connectivity index (χ3v) is 7.03. The van der Waals surface area contributed by atoms with E-state index in [9.17, 15) is 4.79 Å². The second-order valence-corrected chi connectivity index (χ2v) is 9.18. The van der Waals surface area contributed by atoms with Crippen LogP contribution >= 0.6 is 34.8 Å². The maximum Gasteiger partial charge on any atom is 0.234 e. The number of amides is 1. The Morgan fingerprint density at radius 1 is 1.03 bits per heavy atom. The van der Waals surface area contributed by atoms with E-state index >= 15 is 0 Å². The molecule has 0 bridgehead atoms. The third kappa shape index (κ3) is 6.39. The molecule has 1 aliphatic carbocycles. The minimum absolute atomic E-state index is 0.0423. The fourth-order valence-electron chi connectivity index (χ4n) is 4.28. The van der Waals surface area contributed by atoms with Crippen molar-refractivity contribution in [2.75, 3.05) is 37.6 Å². The highest BCUT2D eigenvalue weighted by Gasteiger charge is 2.24. The zero-order chi connectivity index (χ0) is 20.8. The van der Waals surface area contributed by atoms with Crippen molar-refractivity contribution in [3.63, 3.8) is 0 Å². The van der Waals surface area contributed by atoms with Gasteiger partial charge in [0.05, 0.1) is 26.8 Å². The Morgan fingerprint density at radius 3 is 2.34 bits per heavy atom. The van der Waals surface area contributed by atoms with Gasteiger partial charge in [-0.2, -0.15) is 5.26 Å². The van der Waals surface area contributed by atoms with E-state index in [0.29, 0.717) is 15.1 Å². The van der Waals surface area contributed by atoms with Gasteiger partial charge in [0.25, 0.3) is 0 Å². The van der Waals surface area contributed by atoms with Gasteiger partial charge in [-0.25, -0.2) is 0 Å². The molecule has 3 rings (SSSR count). The lowest BCUT2D eigenvalue weighted by Gasteiger charge is -2.37. The lowest BCUT2D eigenvalue weighted by atomic mass is 9.84. The van der Waals surface area contributed by atoms with Crippen LogP contribution in [0.25, 0.3) is 0 Å². The smallest absolute Gasteiger partial charge is 0.234 e. The van der Waals surface area contributed by atoms with Crippen LogP contribution in [0.5, 0.6) is 0 Å². The summed E-state index contributed by atoms with van der Waals surface area (Å²) in [5.41, 5.74) is 0.956. The normalized spacial score (nSPS) is 22.9. The van der Waals surface area contributed by atoms with E-state index in [1.807, 2.05) is 12.1 Å². The highest BCUT2D eigenvalue weighted by atomic mass is 35.5. The molecular weight excluding hydrogens is 431 g/mol. The number of benzene rings is 1. The van der Waals surface area contributed by atoms with Crippen LogP contribution in [0.15, 0.2) is 12.1 Å². The average Bonchev–Trinajstić information content (AvgIpc) is 2.71. The Morgan fingerprint density at radius 2 is 1.69 bits per heavy atom. The topological polar surface area (TPSA) is 59.4 Å². The van der Waals surface area contributed by atoms with Gasteiger partial charge in [0.1, 0.15) is 6.42 Å². The summed E-state index contributed by atoms with van der Waals surface area (Å²) in [5, 5.41) is 13.2. The monoisotopic (exact) mass is 456 g/mol. The van der Waals surface area contributed by atoms with Gasteiger partial charge in [-0.3, -0.25) is 9.69 Å². The molecule has 1 aliphatic heterocycles. The van der Waals surface area contributed by atoms with Crippen molar-refractivity contribution >= 4 is 46.4 Å². The van der Waals surface area contributed by atoms with Crippen LogP contribution in [-0.2, 0) is 4.79 Å². The molecule has 158 valence electrons. The number of hydrogen-bond acceptors (Lipinski definition) is 4. The number of anilines is 1. The van der Waals surface area contributed by atoms with Crippen LogP contribution in [0.4, 0.5) is 5.69 Å². The van der Waals surface area contributed by atoms with E-state index in [1.54, 1.807) is 6.07 Å². The molecular formula is C21H27Cl3N4O. The first-order valence-corrected chi connectivity index (χ1v) is 11.4. The Labute approximate surface area is 187 Å². The van der Waals surface area contributed by atoms with Crippen LogP contribution in [0.3, 0.4) is 0 Å². The molecule has 1 amide bonds. The number of piperazine rings is 1. The molecule has 0 aromatic heterocycles. The molecule has 0 radical (unpaired) electrons.